The number of anilines is 3. The van der Waals surface area contributed by atoms with Gasteiger partial charge in [-0.3, -0.25) is 0 Å². The summed E-state index contributed by atoms with van der Waals surface area (Å²) in [7, 11) is 0. The van der Waals surface area contributed by atoms with E-state index in [1.165, 1.54) is 17.0 Å². The molecule has 3 rings (SSSR count). The molecule has 4 N–H and O–H groups in total. The van der Waals surface area contributed by atoms with Crippen LogP contribution < -0.4 is 11.1 Å². The highest BCUT2D eigenvalue weighted by Gasteiger charge is 2.09. The molecule has 20 heavy (non-hydrogen) atoms. The van der Waals surface area contributed by atoms with Crippen molar-refractivity contribution in [1.82, 2.24) is 4.98 Å². The molecule has 1 aromatic carbocycles. The first kappa shape index (κ1) is 12.4. The summed E-state index contributed by atoms with van der Waals surface area (Å²) >= 11 is 1.67. The topological polar surface area (TPSA) is 88.2 Å². The number of carboxylic acids is 1. The van der Waals surface area contributed by atoms with Crippen LogP contribution in [-0.2, 0) is 0 Å². The highest BCUT2D eigenvalue weighted by Crippen LogP contribution is 2.26. The number of hydrogen-bond donors (Lipinski definition) is 3. The average molecular weight is 285 g/mol. The number of nitrogens with one attached hydrogen (secondary N) is 1. The number of carbonyl (C=O) groups is 1. The lowest BCUT2D eigenvalue weighted by molar-refractivity contribution is 0.0698. The molecule has 0 saturated carbocycles. The van der Waals surface area contributed by atoms with E-state index in [4.69, 9.17) is 10.8 Å². The van der Waals surface area contributed by atoms with E-state index in [1.54, 1.807) is 11.3 Å². The molecule has 2 aromatic heterocycles. The van der Waals surface area contributed by atoms with Gasteiger partial charge in [-0.1, -0.05) is 0 Å². The molecule has 5 nitrogen and oxygen atoms in total. The number of rotatable bonds is 3. The molecule has 0 atom stereocenters. The summed E-state index contributed by atoms with van der Waals surface area (Å²) in [4.78, 5) is 15.1. The van der Waals surface area contributed by atoms with Crippen molar-refractivity contribution in [1.29, 1.82) is 0 Å². The number of aromatic nitrogens is 1. The average Bonchev–Trinajstić information content (AvgIpc) is 2.88. The van der Waals surface area contributed by atoms with Crippen molar-refractivity contribution in [2.75, 3.05) is 11.1 Å². The summed E-state index contributed by atoms with van der Waals surface area (Å²) < 4.78 is 1.20. The van der Waals surface area contributed by atoms with E-state index in [9.17, 15) is 4.79 Å². The number of fused-ring (bicyclic) bond motifs is 1. The van der Waals surface area contributed by atoms with Gasteiger partial charge in [-0.25, -0.2) is 9.78 Å². The molecule has 0 spiro atoms. The molecule has 2 heterocycles. The molecule has 0 unspecified atom stereocenters. The number of aromatic carboxylic acids is 1. The zero-order valence-corrected chi connectivity index (χ0v) is 11.1. The number of nitrogens with zero attached hydrogens (tertiary/aromatic N) is 1. The van der Waals surface area contributed by atoms with Gasteiger partial charge in [0.05, 0.1) is 17.4 Å². The minimum atomic E-state index is -1.07. The second-order valence-corrected chi connectivity index (χ2v) is 5.21. The molecule has 0 aliphatic heterocycles. The van der Waals surface area contributed by atoms with Crippen LogP contribution >= 0.6 is 11.3 Å². The molecule has 0 saturated heterocycles. The fourth-order valence-corrected chi connectivity index (χ4v) is 2.68. The van der Waals surface area contributed by atoms with Crippen LogP contribution in [0.15, 0.2) is 41.9 Å². The number of nitrogens with two attached hydrogens (primary N) is 1. The van der Waals surface area contributed by atoms with E-state index >= 15 is 0 Å². The molecular weight excluding hydrogens is 274 g/mol. The third-order valence-electron chi connectivity index (χ3n) is 2.89. The zero-order chi connectivity index (χ0) is 14.1. The molecule has 0 radical (unpaired) electrons. The van der Waals surface area contributed by atoms with E-state index in [0.717, 1.165) is 11.1 Å². The molecule has 0 bridgehead atoms. The number of thiophene rings is 1. The van der Waals surface area contributed by atoms with Crippen molar-refractivity contribution < 1.29 is 9.90 Å². The summed E-state index contributed by atoms with van der Waals surface area (Å²) in [5, 5.41) is 15.3. The Morgan fingerprint density at radius 1 is 1.30 bits per heavy atom. The van der Waals surface area contributed by atoms with Crippen molar-refractivity contribution in [3.8, 4) is 0 Å². The van der Waals surface area contributed by atoms with Gasteiger partial charge in [0.15, 0.2) is 0 Å². The summed E-state index contributed by atoms with van der Waals surface area (Å²) in [5.74, 6) is -0.618. The lowest BCUT2D eigenvalue weighted by atomic mass is 10.2. The van der Waals surface area contributed by atoms with Gasteiger partial charge in [0.2, 0.25) is 0 Å². The third kappa shape index (κ3) is 2.28. The quantitative estimate of drug-likeness (QED) is 0.687. The highest BCUT2D eigenvalue weighted by molar-refractivity contribution is 7.17. The zero-order valence-electron chi connectivity index (χ0n) is 10.3. The Labute approximate surface area is 118 Å². The molecule has 0 aliphatic rings. The van der Waals surface area contributed by atoms with Crippen LogP contribution in [0.3, 0.4) is 0 Å². The van der Waals surface area contributed by atoms with Crippen LogP contribution in [0, 0.1) is 0 Å². The van der Waals surface area contributed by atoms with Crippen molar-refractivity contribution in [3.63, 3.8) is 0 Å². The van der Waals surface area contributed by atoms with E-state index in [-0.39, 0.29) is 11.3 Å². The maximum Gasteiger partial charge on any atom is 0.337 e. The van der Waals surface area contributed by atoms with Gasteiger partial charge in [-0.05, 0) is 41.1 Å². The summed E-state index contributed by atoms with van der Waals surface area (Å²) in [6, 6.07) is 9.39. The number of hydrogen-bond acceptors (Lipinski definition) is 5. The fraction of sp³-hybridized carbons (Fsp3) is 0. The Morgan fingerprint density at radius 2 is 2.15 bits per heavy atom. The normalized spacial score (nSPS) is 10.6. The van der Waals surface area contributed by atoms with Gasteiger partial charge in [-0.15, -0.1) is 11.3 Å². The van der Waals surface area contributed by atoms with Crippen LogP contribution in [0.2, 0.25) is 0 Å². The van der Waals surface area contributed by atoms with Crippen molar-refractivity contribution in [2.45, 2.75) is 0 Å². The second-order valence-electron chi connectivity index (χ2n) is 4.26. The molecule has 100 valence electrons. The van der Waals surface area contributed by atoms with Gasteiger partial charge >= 0.3 is 5.97 Å². The Balaban J connectivity index is 1.94. The largest absolute Gasteiger partial charge is 0.478 e. The summed E-state index contributed by atoms with van der Waals surface area (Å²) in [6.07, 6.45) is 1.34. The first-order valence-electron chi connectivity index (χ1n) is 5.86. The Kier molecular flexibility index (Phi) is 3.00. The maximum absolute atomic E-state index is 11.0. The monoisotopic (exact) mass is 285 g/mol. The van der Waals surface area contributed by atoms with Gasteiger partial charge < -0.3 is 16.2 Å². The van der Waals surface area contributed by atoms with Crippen molar-refractivity contribution in [3.05, 3.63) is 47.5 Å². The number of nitrogen functional groups attached to an aromatic ring is 1. The molecule has 3 aromatic rings. The second kappa shape index (κ2) is 4.82. The van der Waals surface area contributed by atoms with Crippen molar-refractivity contribution >= 4 is 44.6 Å². The van der Waals surface area contributed by atoms with Crippen LogP contribution in [0.1, 0.15) is 10.4 Å². The van der Waals surface area contributed by atoms with Gasteiger partial charge in [0, 0.05) is 10.4 Å². The molecule has 6 heteroatoms. The first-order chi connectivity index (χ1) is 9.63. The van der Waals surface area contributed by atoms with Gasteiger partial charge in [-0.2, -0.15) is 0 Å². The van der Waals surface area contributed by atoms with E-state index < -0.39 is 5.97 Å². The summed E-state index contributed by atoms with van der Waals surface area (Å²) in [5.41, 5.74) is 6.62. The predicted octanol–water partition coefficient (Wildman–Crippen LogP) is 3.32. The third-order valence-corrected chi connectivity index (χ3v) is 3.79. The van der Waals surface area contributed by atoms with Crippen LogP contribution in [0.5, 0.6) is 0 Å². The number of pyridine rings is 1. The first-order valence-corrected chi connectivity index (χ1v) is 6.74. The highest BCUT2D eigenvalue weighted by atomic mass is 32.1. The Morgan fingerprint density at radius 3 is 2.95 bits per heavy atom. The number of benzene rings is 1. The van der Waals surface area contributed by atoms with Crippen LogP contribution in [-0.4, -0.2) is 16.1 Å². The SMILES string of the molecule is Nc1cnc(Nc2ccc3sccc3c2)cc1C(=O)O. The number of carboxylic acid groups (broad SMARTS) is 1. The smallest absolute Gasteiger partial charge is 0.337 e. The van der Waals surface area contributed by atoms with E-state index in [2.05, 4.69) is 10.3 Å². The molecule has 0 amide bonds. The van der Waals surface area contributed by atoms with Gasteiger partial charge in [0.1, 0.15) is 5.82 Å². The lowest BCUT2D eigenvalue weighted by Crippen LogP contribution is -2.05. The standard InChI is InChI=1S/C14H11N3O2S/c15-11-7-16-13(6-10(11)14(18)19)17-9-1-2-12-8(5-9)3-4-20-12/h1-7H,15H2,(H,16,17)(H,18,19). The van der Waals surface area contributed by atoms with Gasteiger partial charge in [0.25, 0.3) is 0 Å². The Hall–Kier alpha value is -2.60. The Bertz CT molecular complexity index is 798. The maximum atomic E-state index is 11.0. The van der Waals surface area contributed by atoms with Crippen LogP contribution in [0.25, 0.3) is 10.1 Å². The molecule has 0 fully saturated rings. The van der Waals surface area contributed by atoms with Crippen molar-refractivity contribution in [2.24, 2.45) is 0 Å². The molecular formula is C14H11N3O2S. The molecule has 0 aliphatic carbocycles. The fourth-order valence-electron chi connectivity index (χ4n) is 1.91. The van der Waals surface area contributed by atoms with Crippen LogP contribution in [0.4, 0.5) is 17.2 Å². The van der Waals surface area contributed by atoms with E-state index in [0.29, 0.717) is 5.82 Å². The summed E-state index contributed by atoms with van der Waals surface area (Å²) in [6.45, 7) is 0. The lowest BCUT2D eigenvalue weighted by Gasteiger charge is -2.08. The minimum Gasteiger partial charge on any atom is -0.478 e. The van der Waals surface area contributed by atoms with E-state index in [1.807, 2.05) is 29.6 Å². The predicted molar refractivity (Wildman–Crippen MR) is 80.7 cm³/mol. The minimum absolute atomic E-state index is 0.0408.